The number of carboxylic acids is 2. The standard InChI is InChI=1S/C22H33N5O9/c23-8-2-1-3-15(22(35)36)25-21(34)17(11-28)27-20(33)16(10-18(30)31)26-19(32)14(24)9-12-4-6-13(29)7-5-12/h4-7,14-17,28-29H,1-3,8-11,23-24H2,(H,25,34)(H,26,32)(H,27,33)(H,30,31)(H,35,36). The molecule has 0 fully saturated rings. The van der Waals surface area contributed by atoms with Gasteiger partial charge in [-0.3, -0.25) is 19.2 Å². The number of carboxylic acid groups (broad SMARTS) is 2. The van der Waals surface area contributed by atoms with Gasteiger partial charge in [-0.05, 0) is 49.9 Å². The summed E-state index contributed by atoms with van der Waals surface area (Å²) in [4.78, 5) is 60.2. The molecule has 36 heavy (non-hydrogen) atoms. The average Bonchev–Trinajstić information content (AvgIpc) is 2.82. The molecular formula is C22H33N5O9. The fraction of sp³-hybridized carbons (Fsp3) is 0.500. The number of unbranched alkanes of at least 4 members (excludes halogenated alkanes) is 1. The van der Waals surface area contributed by atoms with Gasteiger partial charge in [-0.1, -0.05) is 12.1 Å². The monoisotopic (exact) mass is 511 g/mol. The third-order valence-corrected chi connectivity index (χ3v) is 5.12. The highest BCUT2D eigenvalue weighted by Crippen LogP contribution is 2.11. The van der Waals surface area contributed by atoms with Crippen LogP contribution < -0.4 is 27.4 Å². The molecule has 0 saturated carbocycles. The molecule has 11 N–H and O–H groups in total. The van der Waals surface area contributed by atoms with Gasteiger partial charge < -0.3 is 47.8 Å². The van der Waals surface area contributed by atoms with Crippen molar-refractivity contribution in [1.82, 2.24) is 16.0 Å². The summed E-state index contributed by atoms with van der Waals surface area (Å²) in [6, 6.07) is 0.170. The molecule has 0 aromatic heterocycles. The molecule has 0 radical (unpaired) electrons. The molecule has 4 unspecified atom stereocenters. The maximum atomic E-state index is 12.7. The molecule has 3 amide bonds. The summed E-state index contributed by atoms with van der Waals surface area (Å²) in [7, 11) is 0. The van der Waals surface area contributed by atoms with E-state index in [0.717, 1.165) is 0 Å². The Labute approximate surface area is 207 Å². The Hall–Kier alpha value is -3.75. The summed E-state index contributed by atoms with van der Waals surface area (Å²) in [5.74, 6) is -5.68. The number of aliphatic carboxylic acids is 2. The van der Waals surface area contributed by atoms with E-state index in [1.165, 1.54) is 24.3 Å². The van der Waals surface area contributed by atoms with E-state index in [-0.39, 0.29) is 18.6 Å². The Balaban J connectivity index is 2.83. The lowest BCUT2D eigenvalue weighted by Crippen LogP contribution is -2.58. The summed E-state index contributed by atoms with van der Waals surface area (Å²) in [6.45, 7) is -0.578. The second-order valence-electron chi connectivity index (χ2n) is 8.06. The summed E-state index contributed by atoms with van der Waals surface area (Å²) < 4.78 is 0. The molecule has 0 aliphatic rings. The molecule has 0 aliphatic heterocycles. The van der Waals surface area contributed by atoms with E-state index in [4.69, 9.17) is 16.6 Å². The van der Waals surface area contributed by atoms with E-state index in [1.54, 1.807) is 0 Å². The van der Waals surface area contributed by atoms with Crippen LogP contribution in [0.3, 0.4) is 0 Å². The Morgan fingerprint density at radius 3 is 1.92 bits per heavy atom. The van der Waals surface area contributed by atoms with Gasteiger partial charge in [0.2, 0.25) is 17.7 Å². The number of aromatic hydroxyl groups is 1. The third kappa shape index (κ3) is 10.7. The highest BCUT2D eigenvalue weighted by Gasteiger charge is 2.31. The van der Waals surface area contributed by atoms with E-state index in [2.05, 4.69) is 16.0 Å². The molecule has 0 aliphatic carbocycles. The van der Waals surface area contributed by atoms with Gasteiger partial charge in [-0.2, -0.15) is 0 Å². The molecule has 14 nitrogen and oxygen atoms in total. The zero-order valence-corrected chi connectivity index (χ0v) is 19.6. The van der Waals surface area contributed by atoms with Crippen molar-refractivity contribution in [2.45, 2.75) is 56.3 Å². The fourth-order valence-corrected chi connectivity index (χ4v) is 3.13. The lowest BCUT2D eigenvalue weighted by molar-refractivity contribution is -0.143. The first-order valence-corrected chi connectivity index (χ1v) is 11.2. The lowest BCUT2D eigenvalue weighted by Gasteiger charge is -2.23. The molecule has 14 heteroatoms. The van der Waals surface area contributed by atoms with Gasteiger partial charge in [-0.25, -0.2) is 4.79 Å². The number of amides is 3. The van der Waals surface area contributed by atoms with Gasteiger partial charge in [0.15, 0.2) is 0 Å². The van der Waals surface area contributed by atoms with Gasteiger partial charge in [0.25, 0.3) is 0 Å². The number of rotatable bonds is 16. The van der Waals surface area contributed by atoms with Gasteiger partial charge in [0.1, 0.15) is 23.9 Å². The van der Waals surface area contributed by atoms with Crippen molar-refractivity contribution < 1.29 is 44.4 Å². The molecule has 1 aromatic rings. The van der Waals surface area contributed by atoms with Crippen LogP contribution in [-0.2, 0) is 30.4 Å². The largest absolute Gasteiger partial charge is 0.508 e. The van der Waals surface area contributed by atoms with Crippen molar-refractivity contribution in [1.29, 1.82) is 0 Å². The zero-order chi connectivity index (χ0) is 27.3. The van der Waals surface area contributed by atoms with Crippen LogP contribution in [-0.4, -0.2) is 87.4 Å². The number of nitrogens with two attached hydrogens (primary N) is 2. The minimum Gasteiger partial charge on any atom is -0.508 e. The number of phenolic OH excluding ortho intramolecular Hbond substituents is 1. The van der Waals surface area contributed by atoms with Crippen LogP contribution in [0.25, 0.3) is 0 Å². The number of carbonyl (C=O) groups is 5. The molecule has 1 aromatic carbocycles. The number of hydrogen-bond acceptors (Lipinski definition) is 9. The number of aliphatic hydroxyl groups excluding tert-OH is 1. The first-order valence-electron chi connectivity index (χ1n) is 11.2. The van der Waals surface area contributed by atoms with Crippen molar-refractivity contribution in [2.24, 2.45) is 11.5 Å². The van der Waals surface area contributed by atoms with Crippen LogP contribution in [0.5, 0.6) is 5.75 Å². The van der Waals surface area contributed by atoms with Gasteiger partial charge in [-0.15, -0.1) is 0 Å². The maximum Gasteiger partial charge on any atom is 0.326 e. The van der Waals surface area contributed by atoms with Crippen LogP contribution in [0.4, 0.5) is 0 Å². The minimum atomic E-state index is -1.64. The molecule has 0 bridgehead atoms. The van der Waals surface area contributed by atoms with Crippen molar-refractivity contribution in [2.75, 3.05) is 13.2 Å². The van der Waals surface area contributed by atoms with Crippen molar-refractivity contribution in [3.63, 3.8) is 0 Å². The normalized spacial score (nSPS) is 14.1. The number of benzene rings is 1. The van der Waals surface area contributed by atoms with E-state index in [9.17, 15) is 39.3 Å². The second kappa shape index (κ2) is 15.3. The highest BCUT2D eigenvalue weighted by molar-refractivity contribution is 5.95. The Morgan fingerprint density at radius 2 is 1.39 bits per heavy atom. The third-order valence-electron chi connectivity index (χ3n) is 5.12. The van der Waals surface area contributed by atoms with Crippen molar-refractivity contribution in [3.05, 3.63) is 29.8 Å². The quantitative estimate of drug-likeness (QED) is 0.104. The SMILES string of the molecule is NCCCCC(NC(=O)C(CO)NC(=O)C(CC(=O)O)NC(=O)C(N)Cc1ccc(O)cc1)C(=O)O. The first-order chi connectivity index (χ1) is 17.0. The van der Waals surface area contributed by atoms with Crippen LogP contribution in [0.15, 0.2) is 24.3 Å². The highest BCUT2D eigenvalue weighted by atomic mass is 16.4. The average molecular weight is 512 g/mol. The molecule has 1 rings (SSSR count). The van der Waals surface area contributed by atoms with E-state index in [1.807, 2.05) is 0 Å². The zero-order valence-electron chi connectivity index (χ0n) is 19.6. The van der Waals surface area contributed by atoms with Crippen LogP contribution in [0.2, 0.25) is 0 Å². The van der Waals surface area contributed by atoms with Gasteiger partial charge in [0, 0.05) is 0 Å². The molecule has 0 spiro atoms. The first kappa shape index (κ1) is 30.3. The predicted octanol–water partition coefficient (Wildman–Crippen LogP) is -2.60. The molecule has 200 valence electrons. The molecule has 0 saturated heterocycles. The van der Waals surface area contributed by atoms with Crippen LogP contribution in [0.1, 0.15) is 31.2 Å². The van der Waals surface area contributed by atoms with E-state index in [0.29, 0.717) is 24.9 Å². The minimum absolute atomic E-state index is 0.0164. The fourth-order valence-electron chi connectivity index (χ4n) is 3.13. The number of hydrogen-bond donors (Lipinski definition) is 9. The van der Waals surface area contributed by atoms with E-state index < -0.39 is 66.9 Å². The summed E-state index contributed by atoms with van der Waals surface area (Å²) in [6.07, 6.45) is 0.198. The van der Waals surface area contributed by atoms with Gasteiger partial charge in [0.05, 0.1) is 19.1 Å². The van der Waals surface area contributed by atoms with Crippen molar-refractivity contribution >= 4 is 29.7 Å². The Bertz CT molecular complexity index is 910. The smallest absolute Gasteiger partial charge is 0.326 e. The van der Waals surface area contributed by atoms with Crippen LogP contribution >= 0.6 is 0 Å². The van der Waals surface area contributed by atoms with Gasteiger partial charge >= 0.3 is 11.9 Å². The van der Waals surface area contributed by atoms with Crippen LogP contribution in [0, 0.1) is 0 Å². The summed E-state index contributed by atoms with van der Waals surface area (Å²) >= 11 is 0. The molecular weight excluding hydrogens is 478 g/mol. The van der Waals surface area contributed by atoms with Crippen molar-refractivity contribution in [3.8, 4) is 5.75 Å². The topological polar surface area (TPSA) is 254 Å². The Morgan fingerprint density at radius 1 is 0.833 bits per heavy atom. The molecule has 4 atom stereocenters. The van der Waals surface area contributed by atoms with E-state index >= 15 is 0 Å². The lowest BCUT2D eigenvalue weighted by atomic mass is 10.0. The number of aliphatic hydroxyl groups is 1. The summed E-state index contributed by atoms with van der Waals surface area (Å²) in [5, 5.41) is 43.8. The summed E-state index contributed by atoms with van der Waals surface area (Å²) in [5.41, 5.74) is 11.8. The predicted molar refractivity (Wildman–Crippen MR) is 125 cm³/mol. The second-order valence-corrected chi connectivity index (χ2v) is 8.06. The molecule has 0 heterocycles. The number of nitrogens with one attached hydrogen (secondary N) is 3. The number of phenols is 1. The Kier molecular flexibility index (Phi) is 12.9. The number of carbonyl (C=O) groups excluding carboxylic acids is 3. The maximum absolute atomic E-state index is 12.7.